The molecule has 1 aliphatic heterocycles. The molecule has 0 bridgehead atoms. The van der Waals surface area contributed by atoms with E-state index in [4.69, 9.17) is 16.3 Å². The zero-order valence-electron chi connectivity index (χ0n) is 16.6. The summed E-state index contributed by atoms with van der Waals surface area (Å²) in [5.74, 6) is 3.05. The van der Waals surface area contributed by atoms with Gasteiger partial charge in [0.15, 0.2) is 0 Å². The Balaban J connectivity index is 1.36. The Kier molecular flexibility index (Phi) is 3.87. The van der Waals surface area contributed by atoms with Crippen molar-refractivity contribution in [3.63, 3.8) is 0 Å². The average molecular weight is 426 g/mol. The molecule has 154 valence electrons. The Hall–Kier alpha value is -2.67. The number of hydrogen-bond donors (Lipinski definition) is 0. The molecule has 6 nitrogen and oxygen atoms in total. The summed E-state index contributed by atoms with van der Waals surface area (Å²) in [6.45, 7) is 1.69. The smallest absolute Gasteiger partial charge is 0.232 e. The van der Waals surface area contributed by atoms with Gasteiger partial charge in [-0.25, -0.2) is 9.37 Å². The van der Waals surface area contributed by atoms with Crippen LogP contribution in [0.4, 0.5) is 10.3 Å². The van der Waals surface area contributed by atoms with Gasteiger partial charge >= 0.3 is 0 Å². The molecule has 1 saturated heterocycles. The van der Waals surface area contributed by atoms with Gasteiger partial charge in [-0.05, 0) is 48.9 Å². The van der Waals surface area contributed by atoms with Crippen LogP contribution in [0.2, 0.25) is 5.02 Å². The summed E-state index contributed by atoms with van der Waals surface area (Å²) >= 11 is 6.42. The minimum absolute atomic E-state index is 0.0283. The first-order chi connectivity index (χ1) is 14.6. The van der Waals surface area contributed by atoms with Crippen molar-refractivity contribution in [2.45, 2.75) is 30.6 Å². The van der Waals surface area contributed by atoms with E-state index in [0.717, 1.165) is 55.4 Å². The molecule has 30 heavy (non-hydrogen) atoms. The van der Waals surface area contributed by atoms with Gasteiger partial charge in [-0.2, -0.15) is 0 Å². The van der Waals surface area contributed by atoms with E-state index in [-0.39, 0.29) is 11.2 Å². The summed E-state index contributed by atoms with van der Waals surface area (Å²) in [5.41, 5.74) is 1.95. The second-order valence-corrected chi connectivity index (χ2v) is 9.00. The van der Waals surface area contributed by atoms with Crippen LogP contribution >= 0.6 is 11.6 Å². The lowest BCUT2D eigenvalue weighted by molar-refractivity contribution is 0.398. The molecule has 2 atom stereocenters. The number of fused-ring (bicyclic) bond motifs is 1. The molecule has 1 aromatic carbocycles. The number of pyridine rings is 1. The SMILES string of the molecule is COc1ccc(-n2c(C3CC3)nnc2N2C[C@@H]3C[C@]3(c3ccc(F)cc3Cl)C2)cn1. The fraction of sp³-hybridized carbons (Fsp3) is 0.409. The molecule has 0 spiro atoms. The summed E-state index contributed by atoms with van der Waals surface area (Å²) in [7, 11) is 1.61. The van der Waals surface area contributed by atoms with Crippen molar-refractivity contribution in [1.29, 1.82) is 0 Å². The first kappa shape index (κ1) is 18.1. The molecule has 2 aliphatic carbocycles. The topological polar surface area (TPSA) is 56.1 Å². The lowest BCUT2D eigenvalue weighted by atomic mass is 9.95. The molecule has 3 aliphatic rings. The molecule has 3 aromatic rings. The Morgan fingerprint density at radius 3 is 2.77 bits per heavy atom. The van der Waals surface area contributed by atoms with Crippen LogP contribution in [0.15, 0.2) is 36.5 Å². The van der Waals surface area contributed by atoms with Crippen LogP contribution < -0.4 is 9.64 Å². The number of rotatable bonds is 5. The number of halogens is 2. The minimum Gasteiger partial charge on any atom is -0.481 e. The first-order valence-electron chi connectivity index (χ1n) is 10.3. The Morgan fingerprint density at radius 2 is 2.07 bits per heavy atom. The first-order valence-corrected chi connectivity index (χ1v) is 10.6. The van der Waals surface area contributed by atoms with Crippen LogP contribution in [0, 0.1) is 11.7 Å². The van der Waals surface area contributed by atoms with Gasteiger partial charge in [0.05, 0.1) is 19.0 Å². The zero-order chi connectivity index (χ0) is 20.5. The molecule has 2 saturated carbocycles. The van der Waals surface area contributed by atoms with E-state index in [9.17, 15) is 4.39 Å². The molecule has 0 amide bonds. The van der Waals surface area contributed by atoms with Crippen molar-refractivity contribution in [1.82, 2.24) is 19.7 Å². The Labute approximate surface area is 178 Å². The van der Waals surface area contributed by atoms with Gasteiger partial charge in [0.25, 0.3) is 0 Å². The van der Waals surface area contributed by atoms with Gasteiger partial charge in [0, 0.05) is 35.5 Å². The van der Waals surface area contributed by atoms with Crippen molar-refractivity contribution in [2.24, 2.45) is 5.92 Å². The lowest BCUT2D eigenvalue weighted by Gasteiger charge is -2.23. The van der Waals surface area contributed by atoms with Crippen molar-refractivity contribution < 1.29 is 9.13 Å². The number of anilines is 1. The number of benzene rings is 1. The predicted octanol–water partition coefficient (Wildman–Crippen LogP) is 4.12. The van der Waals surface area contributed by atoms with Crippen molar-refractivity contribution >= 4 is 17.5 Å². The highest BCUT2D eigenvalue weighted by molar-refractivity contribution is 6.31. The van der Waals surface area contributed by atoms with Gasteiger partial charge in [0.2, 0.25) is 11.8 Å². The maximum absolute atomic E-state index is 13.6. The molecule has 2 aromatic heterocycles. The van der Waals surface area contributed by atoms with E-state index in [2.05, 4.69) is 24.6 Å². The van der Waals surface area contributed by atoms with E-state index in [1.54, 1.807) is 13.3 Å². The van der Waals surface area contributed by atoms with Crippen LogP contribution in [0.1, 0.15) is 36.6 Å². The second kappa shape index (κ2) is 6.41. The predicted molar refractivity (Wildman–Crippen MR) is 111 cm³/mol. The van der Waals surface area contributed by atoms with E-state index >= 15 is 0 Å². The molecule has 6 rings (SSSR count). The van der Waals surface area contributed by atoms with Gasteiger partial charge < -0.3 is 9.64 Å². The minimum atomic E-state index is -0.298. The number of aromatic nitrogens is 4. The highest BCUT2D eigenvalue weighted by atomic mass is 35.5. The number of nitrogens with zero attached hydrogens (tertiary/aromatic N) is 5. The number of piperidine rings is 1. The molecule has 3 heterocycles. The number of methoxy groups -OCH3 is 1. The standard InChI is InChI=1S/C22H21ClFN5O/c1-30-19-7-5-16(10-25-19)29-20(13-2-3-13)26-27-21(29)28-11-14-9-22(14,12-28)17-6-4-15(24)8-18(17)23/h4-8,10,13-14H,2-3,9,11-12H2,1H3/t14-,22-/m0/s1. The van der Waals surface area contributed by atoms with E-state index in [0.29, 0.717) is 22.7 Å². The molecule has 3 fully saturated rings. The van der Waals surface area contributed by atoms with Crippen LogP contribution in [-0.2, 0) is 5.41 Å². The number of ether oxygens (including phenoxy) is 1. The van der Waals surface area contributed by atoms with Crippen molar-refractivity contribution in [2.75, 3.05) is 25.1 Å². The molecule has 0 N–H and O–H groups in total. The lowest BCUT2D eigenvalue weighted by Crippen LogP contribution is -2.29. The highest BCUT2D eigenvalue weighted by Gasteiger charge is 2.62. The van der Waals surface area contributed by atoms with Crippen LogP contribution in [0.3, 0.4) is 0 Å². The van der Waals surface area contributed by atoms with Gasteiger partial charge in [-0.15, -0.1) is 10.2 Å². The fourth-order valence-corrected chi connectivity index (χ4v) is 5.27. The normalized spacial score (nSPS) is 24.8. The maximum Gasteiger partial charge on any atom is 0.232 e. The van der Waals surface area contributed by atoms with Crippen LogP contribution in [-0.4, -0.2) is 39.9 Å². The summed E-state index contributed by atoms with van der Waals surface area (Å²) in [6, 6.07) is 8.62. The van der Waals surface area contributed by atoms with Crippen LogP contribution in [0.5, 0.6) is 5.88 Å². The largest absolute Gasteiger partial charge is 0.481 e. The van der Waals surface area contributed by atoms with Crippen molar-refractivity contribution in [3.8, 4) is 11.6 Å². The Morgan fingerprint density at radius 1 is 1.20 bits per heavy atom. The maximum atomic E-state index is 13.6. The average Bonchev–Trinajstić information content (AvgIpc) is 3.64. The summed E-state index contributed by atoms with van der Waals surface area (Å²) in [5, 5.41) is 9.64. The number of hydrogen-bond acceptors (Lipinski definition) is 5. The highest BCUT2D eigenvalue weighted by Crippen LogP contribution is 2.61. The molecule has 0 radical (unpaired) electrons. The van der Waals surface area contributed by atoms with E-state index in [1.807, 2.05) is 18.2 Å². The third-order valence-corrected chi connectivity index (χ3v) is 7.01. The Bertz CT molecular complexity index is 1130. The molecule has 0 unspecified atom stereocenters. The van der Waals surface area contributed by atoms with Gasteiger partial charge in [-0.3, -0.25) is 4.57 Å². The monoisotopic (exact) mass is 425 g/mol. The fourth-order valence-electron chi connectivity index (χ4n) is 4.92. The quantitative estimate of drug-likeness (QED) is 0.615. The zero-order valence-corrected chi connectivity index (χ0v) is 17.3. The molecular weight excluding hydrogens is 405 g/mol. The summed E-state index contributed by atoms with van der Waals surface area (Å²) in [6.07, 6.45) is 5.16. The van der Waals surface area contributed by atoms with Gasteiger partial charge in [-0.1, -0.05) is 17.7 Å². The third kappa shape index (κ3) is 2.71. The molecular formula is C22H21ClFN5O. The van der Waals surface area contributed by atoms with E-state index < -0.39 is 0 Å². The summed E-state index contributed by atoms with van der Waals surface area (Å²) < 4.78 is 20.9. The van der Waals surface area contributed by atoms with Crippen molar-refractivity contribution in [3.05, 3.63) is 58.8 Å². The van der Waals surface area contributed by atoms with E-state index in [1.165, 1.54) is 12.1 Å². The van der Waals surface area contributed by atoms with Crippen LogP contribution in [0.25, 0.3) is 5.69 Å². The summed E-state index contributed by atoms with van der Waals surface area (Å²) in [4.78, 5) is 6.67. The third-order valence-electron chi connectivity index (χ3n) is 6.70. The second-order valence-electron chi connectivity index (χ2n) is 8.59. The molecule has 8 heteroatoms. The van der Waals surface area contributed by atoms with Gasteiger partial charge in [0.1, 0.15) is 11.6 Å².